The fourth-order valence-electron chi connectivity index (χ4n) is 8.04. The molecule has 0 saturated carbocycles. The number of allylic oxidation sites excluding steroid dienone is 4. The van der Waals surface area contributed by atoms with Crippen molar-refractivity contribution in [2.45, 2.75) is 12.8 Å². The van der Waals surface area contributed by atoms with E-state index in [1.165, 1.54) is 44.8 Å². The minimum absolute atomic E-state index is 0.640. The van der Waals surface area contributed by atoms with E-state index in [1.807, 2.05) is 30.3 Å². The monoisotopic (exact) mass is 718 g/mol. The summed E-state index contributed by atoms with van der Waals surface area (Å²) in [6.07, 6.45) is 6.48. The summed E-state index contributed by atoms with van der Waals surface area (Å²) in [7, 11) is 0. The van der Waals surface area contributed by atoms with Crippen LogP contribution in [0.15, 0.2) is 216 Å². The zero-order chi connectivity index (χ0) is 37.3. The van der Waals surface area contributed by atoms with Crippen molar-refractivity contribution in [3.63, 3.8) is 0 Å². The molecule has 0 aliphatic heterocycles. The summed E-state index contributed by atoms with van der Waals surface area (Å²) in [4.78, 5) is 7.38. The molecule has 8 aromatic carbocycles. The third-order valence-electron chi connectivity index (χ3n) is 10.9. The lowest BCUT2D eigenvalue weighted by Crippen LogP contribution is -2.18. The predicted molar refractivity (Wildman–Crippen MR) is 234 cm³/mol. The molecule has 0 unspecified atom stereocenters. The summed E-state index contributed by atoms with van der Waals surface area (Å²) >= 11 is 0. The van der Waals surface area contributed by atoms with E-state index < -0.39 is 0 Å². The number of anilines is 2. The average molecular weight is 719 g/mol. The van der Waals surface area contributed by atoms with Gasteiger partial charge in [-0.3, -0.25) is 0 Å². The van der Waals surface area contributed by atoms with Crippen LogP contribution in [-0.2, 0) is 0 Å². The third-order valence-corrected chi connectivity index (χ3v) is 10.9. The molecule has 0 radical (unpaired) electrons. The fraction of sp³-hybridized carbons (Fsp3) is 0.0377. The normalized spacial score (nSPS) is 12.7. The van der Waals surface area contributed by atoms with Crippen molar-refractivity contribution in [1.82, 2.24) is 4.98 Å². The van der Waals surface area contributed by atoms with Gasteiger partial charge in [0.05, 0.1) is 5.69 Å². The maximum Gasteiger partial charge on any atom is 0.227 e. The zero-order valence-corrected chi connectivity index (χ0v) is 30.8. The van der Waals surface area contributed by atoms with Crippen LogP contribution < -0.4 is 4.90 Å². The Balaban J connectivity index is 0.997. The summed E-state index contributed by atoms with van der Waals surface area (Å²) in [6, 6.07) is 68.8. The molecule has 0 bridgehead atoms. The van der Waals surface area contributed by atoms with E-state index >= 15 is 0 Å². The lowest BCUT2D eigenvalue weighted by Gasteiger charge is -2.32. The number of nitrogens with zero attached hydrogens (tertiary/aromatic N) is 2. The van der Waals surface area contributed by atoms with Gasteiger partial charge in [-0.1, -0.05) is 164 Å². The molecular weight excluding hydrogens is 681 g/mol. The Hall–Kier alpha value is -7.23. The zero-order valence-electron chi connectivity index (χ0n) is 30.8. The Kier molecular flexibility index (Phi) is 8.66. The molecule has 0 saturated heterocycles. The highest BCUT2D eigenvalue weighted by Crippen LogP contribution is 2.42. The number of benzene rings is 8. The Labute approximate surface area is 327 Å². The van der Waals surface area contributed by atoms with Crippen LogP contribution >= 0.6 is 0 Å². The van der Waals surface area contributed by atoms with Crippen LogP contribution in [0.1, 0.15) is 18.4 Å². The van der Waals surface area contributed by atoms with Gasteiger partial charge in [0.25, 0.3) is 0 Å². The molecule has 0 spiro atoms. The van der Waals surface area contributed by atoms with E-state index in [-0.39, 0.29) is 0 Å². The van der Waals surface area contributed by atoms with Crippen LogP contribution in [0, 0.1) is 0 Å². The molecule has 0 N–H and O–H groups in total. The molecule has 10 rings (SSSR count). The van der Waals surface area contributed by atoms with Gasteiger partial charge in [-0.05, 0) is 99.7 Å². The summed E-state index contributed by atoms with van der Waals surface area (Å²) in [6.45, 7) is 0. The standard InChI is InChI=1S/C53H38N2O/c1-4-14-37(15-5-1)39-28-32-44(33-29-39)55(51-23-13-12-20-46(51)41-16-6-2-7-17-41)45-34-30-40(31-35-45)38-24-26-42(27-25-38)49-36-50-52(48-22-11-10-21-47(48)49)56-53(54-50)43-18-8-3-9-19-43/h1-30,32-34,36H,31,35H2. The number of oxazole rings is 1. The van der Waals surface area contributed by atoms with Crippen LogP contribution in [0.4, 0.5) is 11.4 Å². The summed E-state index contributed by atoms with van der Waals surface area (Å²) in [5.74, 6) is 0.640. The number of hydrogen-bond acceptors (Lipinski definition) is 3. The molecule has 0 atom stereocenters. The number of fused-ring (bicyclic) bond motifs is 3. The molecule has 0 amide bonds. The van der Waals surface area contributed by atoms with Crippen molar-refractivity contribution in [2.75, 3.05) is 4.90 Å². The predicted octanol–water partition coefficient (Wildman–Crippen LogP) is 14.5. The number of para-hydroxylation sites is 1. The van der Waals surface area contributed by atoms with E-state index in [1.54, 1.807) is 0 Å². The largest absolute Gasteiger partial charge is 0.435 e. The van der Waals surface area contributed by atoms with Crippen molar-refractivity contribution < 1.29 is 4.42 Å². The van der Waals surface area contributed by atoms with Gasteiger partial charge in [0.1, 0.15) is 5.52 Å². The molecule has 3 heteroatoms. The highest BCUT2D eigenvalue weighted by Gasteiger charge is 2.22. The lowest BCUT2D eigenvalue weighted by molar-refractivity contribution is 0.623. The Morgan fingerprint density at radius 1 is 0.429 bits per heavy atom. The van der Waals surface area contributed by atoms with Crippen LogP contribution in [0.2, 0.25) is 0 Å². The Morgan fingerprint density at radius 3 is 1.68 bits per heavy atom. The van der Waals surface area contributed by atoms with Gasteiger partial charge in [-0.25, -0.2) is 4.98 Å². The first-order valence-electron chi connectivity index (χ1n) is 19.3. The van der Waals surface area contributed by atoms with Crippen LogP contribution in [-0.4, -0.2) is 4.98 Å². The quantitative estimate of drug-likeness (QED) is 0.157. The second-order valence-electron chi connectivity index (χ2n) is 14.3. The molecule has 1 aliphatic rings. The molecule has 9 aromatic rings. The van der Waals surface area contributed by atoms with Crippen LogP contribution in [0.25, 0.3) is 72.3 Å². The second-order valence-corrected chi connectivity index (χ2v) is 14.3. The molecule has 0 fully saturated rings. The smallest absolute Gasteiger partial charge is 0.227 e. The Bertz CT molecular complexity index is 2870. The maximum atomic E-state index is 6.36. The number of hydrogen-bond donors (Lipinski definition) is 0. The van der Waals surface area contributed by atoms with Crippen molar-refractivity contribution >= 4 is 38.8 Å². The van der Waals surface area contributed by atoms with Gasteiger partial charge in [0, 0.05) is 27.9 Å². The molecule has 1 aromatic heterocycles. The van der Waals surface area contributed by atoms with Crippen LogP contribution in [0.3, 0.4) is 0 Å². The highest BCUT2D eigenvalue weighted by atomic mass is 16.3. The summed E-state index contributed by atoms with van der Waals surface area (Å²) in [5, 5.41) is 2.22. The topological polar surface area (TPSA) is 29.3 Å². The third kappa shape index (κ3) is 6.29. The first-order chi connectivity index (χ1) is 27.8. The maximum absolute atomic E-state index is 6.36. The molecule has 56 heavy (non-hydrogen) atoms. The van der Waals surface area contributed by atoms with E-state index in [0.29, 0.717) is 5.89 Å². The van der Waals surface area contributed by atoms with Gasteiger partial charge in [0.15, 0.2) is 5.58 Å². The lowest BCUT2D eigenvalue weighted by atomic mass is 9.92. The van der Waals surface area contributed by atoms with Crippen molar-refractivity contribution in [1.29, 1.82) is 0 Å². The SMILES string of the molecule is C1=C(c2ccc(-c3cc4nc(-c5ccccc5)oc4c4ccccc34)cc2)CCC(N(c2ccc(-c3ccccc3)cc2)c2ccccc2-c2ccccc2)=C1. The van der Waals surface area contributed by atoms with Gasteiger partial charge < -0.3 is 9.32 Å². The van der Waals surface area contributed by atoms with Gasteiger partial charge in [0.2, 0.25) is 5.89 Å². The highest BCUT2D eigenvalue weighted by molar-refractivity contribution is 6.11. The average Bonchev–Trinajstić information content (AvgIpc) is 3.73. The number of rotatable bonds is 8. The fourth-order valence-corrected chi connectivity index (χ4v) is 8.04. The number of aromatic nitrogens is 1. The van der Waals surface area contributed by atoms with Crippen molar-refractivity contribution in [3.05, 3.63) is 218 Å². The summed E-state index contributed by atoms with van der Waals surface area (Å²) < 4.78 is 6.36. The van der Waals surface area contributed by atoms with Crippen molar-refractivity contribution in [3.8, 4) is 44.8 Å². The molecular formula is C53H38N2O. The van der Waals surface area contributed by atoms with Gasteiger partial charge >= 0.3 is 0 Å². The van der Waals surface area contributed by atoms with E-state index in [4.69, 9.17) is 9.40 Å². The van der Waals surface area contributed by atoms with Gasteiger partial charge in [-0.15, -0.1) is 0 Å². The van der Waals surface area contributed by atoms with Crippen molar-refractivity contribution in [2.24, 2.45) is 0 Å². The van der Waals surface area contributed by atoms with E-state index in [9.17, 15) is 0 Å². The van der Waals surface area contributed by atoms with Gasteiger partial charge in [-0.2, -0.15) is 0 Å². The Morgan fingerprint density at radius 2 is 0.982 bits per heavy atom. The molecule has 3 nitrogen and oxygen atoms in total. The first kappa shape index (κ1) is 33.3. The van der Waals surface area contributed by atoms with E-state index in [0.717, 1.165) is 57.1 Å². The second kappa shape index (κ2) is 14.5. The molecule has 1 heterocycles. The minimum Gasteiger partial charge on any atom is -0.435 e. The van der Waals surface area contributed by atoms with Crippen LogP contribution in [0.5, 0.6) is 0 Å². The molecule has 1 aliphatic carbocycles. The van der Waals surface area contributed by atoms with E-state index in [2.05, 4.69) is 181 Å². The molecule has 266 valence electrons. The minimum atomic E-state index is 0.640. The summed E-state index contributed by atoms with van der Waals surface area (Å²) in [5.41, 5.74) is 16.0. The first-order valence-corrected chi connectivity index (χ1v) is 19.3.